The molecular formula is C14H20F2N2. The van der Waals surface area contributed by atoms with E-state index in [1.54, 1.807) is 0 Å². The highest BCUT2D eigenvalue weighted by molar-refractivity contribution is 5.18. The van der Waals surface area contributed by atoms with Gasteiger partial charge in [0.05, 0.1) is 0 Å². The molecule has 1 saturated heterocycles. The Balaban J connectivity index is 1.77. The van der Waals surface area contributed by atoms with Crippen molar-refractivity contribution in [2.75, 3.05) is 19.6 Å². The van der Waals surface area contributed by atoms with Crippen LogP contribution in [0.4, 0.5) is 8.78 Å². The Morgan fingerprint density at radius 3 is 2.67 bits per heavy atom. The minimum absolute atomic E-state index is 0.449. The van der Waals surface area contributed by atoms with Crippen LogP contribution in [0.5, 0.6) is 0 Å². The van der Waals surface area contributed by atoms with Gasteiger partial charge < -0.3 is 5.32 Å². The van der Waals surface area contributed by atoms with Gasteiger partial charge >= 0.3 is 0 Å². The molecule has 1 N–H and O–H groups in total. The second kappa shape index (κ2) is 6.25. The molecule has 0 bridgehead atoms. The molecular weight excluding hydrogens is 234 g/mol. The first-order chi connectivity index (χ1) is 8.66. The molecule has 1 atom stereocenters. The standard InChI is InChI=1S/C14H20F2N2/c1-11(18-6-2-3-7-18)9-17-10-12-4-5-13(15)8-14(12)16/h4-5,8,11,17H,2-3,6-7,9-10H2,1H3. The molecule has 0 saturated carbocycles. The van der Waals surface area contributed by atoms with Crippen molar-refractivity contribution in [2.24, 2.45) is 0 Å². The molecule has 1 fully saturated rings. The second-order valence-corrected chi connectivity index (χ2v) is 4.96. The van der Waals surface area contributed by atoms with Gasteiger partial charge in [0.2, 0.25) is 0 Å². The maximum Gasteiger partial charge on any atom is 0.130 e. The van der Waals surface area contributed by atoms with Crippen molar-refractivity contribution in [3.05, 3.63) is 35.4 Å². The van der Waals surface area contributed by atoms with Crippen LogP contribution in [0.25, 0.3) is 0 Å². The Bertz CT molecular complexity index is 389. The third-order valence-corrected chi connectivity index (χ3v) is 3.53. The topological polar surface area (TPSA) is 15.3 Å². The van der Waals surface area contributed by atoms with Crippen LogP contribution in [-0.4, -0.2) is 30.6 Å². The third-order valence-electron chi connectivity index (χ3n) is 3.53. The normalized spacial score (nSPS) is 18.2. The average molecular weight is 254 g/mol. The summed E-state index contributed by atoms with van der Waals surface area (Å²) in [5.41, 5.74) is 0.519. The van der Waals surface area contributed by atoms with Crippen molar-refractivity contribution in [3.8, 4) is 0 Å². The Labute approximate surface area is 107 Å². The predicted octanol–water partition coefficient (Wildman–Crippen LogP) is 2.54. The van der Waals surface area contributed by atoms with Crippen molar-refractivity contribution < 1.29 is 8.78 Å². The number of halogens is 2. The molecule has 100 valence electrons. The molecule has 2 nitrogen and oxygen atoms in total. The molecule has 0 aromatic heterocycles. The molecule has 2 rings (SSSR count). The first kappa shape index (κ1) is 13.4. The van der Waals surface area contributed by atoms with Gasteiger partial charge in [-0.05, 0) is 38.9 Å². The number of hydrogen-bond acceptors (Lipinski definition) is 2. The van der Waals surface area contributed by atoms with Gasteiger partial charge in [0.25, 0.3) is 0 Å². The van der Waals surface area contributed by atoms with Crippen molar-refractivity contribution in [1.82, 2.24) is 10.2 Å². The molecule has 0 amide bonds. The maximum atomic E-state index is 13.4. The molecule has 4 heteroatoms. The zero-order chi connectivity index (χ0) is 13.0. The first-order valence-electron chi connectivity index (χ1n) is 6.55. The average Bonchev–Trinajstić information content (AvgIpc) is 2.85. The lowest BCUT2D eigenvalue weighted by Gasteiger charge is -2.24. The summed E-state index contributed by atoms with van der Waals surface area (Å²) in [7, 11) is 0. The third kappa shape index (κ3) is 3.50. The summed E-state index contributed by atoms with van der Waals surface area (Å²) in [6.07, 6.45) is 2.55. The van der Waals surface area contributed by atoms with Gasteiger partial charge in [-0.15, -0.1) is 0 Å². The van der Waals surface area contributed by atoms with Gasteiger partial charge in [0.15, 0.2) is 0 Å². The number of rotatable bonds is 5. The zero-order valence-electron chi connectivity index (χ0n) is 10.8. The van der Waals surface area contributed by atoms with Crippen LogP contribution >= 0.6 is 0 Å². The summed E-state index contributed by atoms with van der Waals surface area (Å²) >= 11 is 0. The predicted molar refractivity (Wildman–Crippen MR) is 68.3 cm³/mol. The van der Waals surface area contributed by atoms with Gasteiger partial charge in [0, 0.05) is 30.8 Å². The van der Waals surface area contributed by atoms with Crippen molar-refractivity contribution >= 4 is 0 Å². The molecule has 1 aliphatic rings. The highest BCUT2D eigenvalue weighted by Crippen LogP contribution is 2.12. The van der Waals surface area contributed by atoms with Gasteiger partial charge in [-0.1, -0.05) is 6.07 Å². The van der Waals surface area contributed by atoms with Gasteiger partial charge in [-0.2, -0.15) is 0 Å². The summed E-state index contributed by atoms with van der Waals surface area (Å²) in [6, 6.07) is 4.19. The summed E-state index contributed by atoms with van der Waals surface area (Å²) in [5, 5.41) is 3.23. The van der Waals surface area contributed by atoms with Gasteiger partial charge in [0.1, 0.15) is 11.6 Å². The molecule has 1 aromatic carbocycles. The summed E-state index contributed by atoms with van der Waals surface area (Å²) in [5.74, 6) is -1.00. The van der Waals surface area contributed by atoms with Crippen LogP contribution in [0.15, 0.2) is 18.2 Å². The number of likely N-dealkylation sites (tertiary alicyclic amines) is 1. The van der Waals surface area contributed by atoms with E-state index in [9.17, 15) is 8.78 Å². The van der Waals surface area contributed by atoms with E-state index >= 15 is 0 Å². The fourth-order valence-corrected chi connectivity index (χ4v) is 2.39. The Morgan fingerprint density at radius 2 is 2.00 bits per heavy atom. The van der Waals surface area contributed by atoms with Crippen LogP contribution in [0.2, 0.25) is 0 Å². The van der Waals surface area contributed by atoms with Crippen LogP contribution in [-0.2, 0) is 6.54 Å². The molecule has 18 heavy (non-hydrogen) atoms. The summed E-state index contributed by atoms with van der Waals surface area (Å²) in [4.78, 5) is 2.44. The quantitative estimate of drug-likeness (QED) is 0.868. The van der Waals surface area contributed by atoms with Gasteiger partial charge in [-0.3, -0.25) is 4.90 Å². The lowest BCUT2D eigenvalue weighted by molar-refractivity contribution is 0.251. The van der Waals surface area contributed by atoms with E-state index in [1.807, 2.05) is 0 Å². The number of benzene rings is 1. The number of nitrogens with zero attached hydrogens (tertiary/aromatic N) is 1. The fourth-order valence-electron chi connectivity index (χ4n) is 2.39. The van der Waals surface area contributed by atoms with Crippen molar-refractivity contribution in [1.29, 1.82) is 0 Å². The lowest BCUT2D eigenvalue weighted by atomic mass is 10.2. The van der Waals surface area contributed by atoms with E-state index in [1.165, 1.54) is 25.0 Å². The van der Waals surface area contributed by atoms with E-state index in [0.717, 1.165) is 25.7 Å². The Hall–Kier alpha value is -1.00. The van der Waals surface area contributed by atoms with Crippen LogP contribution in [0, 0.1) is 11.6 Å². The minimum Gasteiger partial charge on any atom is -0.311 e. The largest absolute Gasteiger partial charge is 0.311 e. The highest BCUT2D eigenvalue weighted by Gasteiger charge is 2.17. The molecule has 1 unspecified atom stereocenters. The monoisotopic (exact) mass is 254 g/mol. The Morgan fingerprint density at radius 1 is 1.28 bits per heavy atom. The van der Waals surface area contributed by atoms with Crippen molar-refractivity contribution in [3.63, 3.8) is 0 Å². The lowest BCUT2D eigenvalue weighted by Crippen LogP contribution is -2.38. The van der Waals surface area contributed by atoms with E-state index in [-0.39, 0.29) is 0 Å². The highest BCUT2D eigenvalue weighted by atomic mass is 19.1. The molecule has 1 aromatic rings. The van der Waals surface area contributed by atoms with Crippen LogP contribution in [0.1, 0.15) is 25.3 Å². The van der Waals surface area contributed by atoms with E-state index in [2.05, 4.69) is 17.1 Å². The first-order valence-corrected chi connectivity index (χ1v) is 6.55. The van der Waals surface area contributed by atoms with E-state index in [0.29, 0.717) is 18.2 Å². The van der Waals surface area contributed by atoms with E-state index in [4.69, 9.17) is 0 Å². The smallest absolute Gasteiger partial charge is 0.130 e. The van der Waals surface area contributed by atoms with Crippen LogP contribution in [0.3, 0.4) is 0 Å². The fraction of sp³-hybridized carbons (Fsp3) is 0.571. The van der Waals surface area contributed by atoms with Crippen LogP contribution < -0.4 is 5.32 Å². The SMILES string of the molecule is CC(CNCc1ccc(F)cc1F)N1CCCC1. The summed E-state index contributed by atoms with van der Waals surface area (Å²) < 4.78 is 26.1. The second-order valence-electron chi connectivity index (χ2n) is 4.96. The molecule has 1 aliphatic heterocycles. The Kier molecular flexibility index (Phi) is 4.66. The van der Waals surface area contributed by atoms with Gasteiger partial charge in [-0.25, -0.2) is 8.78 Å². The minimum atomic E-state index is -0.526. The molecule has 0 spiro atoms. The van der Waals surface area contributed by atoms with E-state index < -0.39 is 11.6 Å². The number of nitrogens with one attached hydrogen (secondary N) is 1. The maximum absolute atomic E-state index is 13.4. The number of hydrogen-bond donors (Lipinski definition) is 1. The van der Waals surface area contributed by atoms with Crippen molar-refractivity contribution in [2.45, 2.75) is 32.4 Å². The summed E-state index contributed by atoms with van der Waals surface area (Å²) in [6.45, 7) is 5.78. The molecule has 0 aliphatic carbocycles. The molecule has 1 heterocycles. The molecule has 0 radical (unpaired) electrons. The zero-order valence-corrected chi connectivity index (χ0v) is 10.8.